The molecular weight excluding hydrogens is 312 g/mol. The molecule has 0 unspecified atom stereocenters. The average molecular weight is 338 g/mol. The van der Waals surface area contributed by atoms with Crippen LogP contribution in [0.5, 0.6) is 0 Å². The first kappa shape index (κ1) is 18.7. The van der Waals surface area contributed by atoms with Crippen LogP contribution in [0.2, 0.25) is 0 Å². The molecule has 4 nitrogen and oxygen atoms in total. The number of benzene rings is 1. The van der Waals surface area contributed by atoms with E-state index in [0.29, 0.717) is 0 Å². The molecule has 1 heterocycles. The maximum Gasteiger partial charge on any atom is 0.414 e. The van der Waals surface area contributed by atoms with Gasteiger partial charge < -0.3 is 4.74 Å². The van der Waals surface area contributed by atoms with E-state index in [0.717, 1.165) is 28.9 Å². The molecule has 0 fully saturated rings. The van der Waals surface area contributed by atoms with Crippen LogP contribution in [0, 0.1) is 0 Å². The van der Waals surface area contributed by atoms with Gasteiger partial charge >= 0.3 is 6.09 Å². The summed E-state index contributed by atoms with van der Waals surface area (Å²) in [6.07, 6.45) is 6.50. The monoisotopic (exact) mass is 338 g/mol. The summed E-state index contributed by atoms with van der Waals surface area (Å²) in [7, 11) is 1.71. The third-order valence-electron chi connectivity index (χ3n) is 3.62. The van der Waals surface area contributed by atoms with E-state index in [9.17, 15) is 4.79 Å². The maximum atomic E-state index is 12.1. The van der Waals surface area contributed by atoms with Gasteiger partial charge in [-0.05, 0) is 62.6 Å². The third-order valence-corrected chi connectivity index (χ3v) is 3.62. The fraction of sp³-hybridized carbons (Fsp3) is 0.333. The Labute approximate surface area is 150 Å². The molecule has 0 N–H and O–H groups in total. The van der Waals surface area contributed by atoms with E-state index in [1.165, 1.54) is 4.90 Å². The van der Waals surface area contributed by atoms with Crippen molar-refractivity contribution in [1.29, 1.82) is 0 Å². The highest BCUT2D eigenvalue weighted by Crippen LogP contribution is 2.18. The molecule has 0 aliphatic carbocycles. The van der Waals surface area contributed by atoms with Gasteiger partial charge in [-0.2, -0.15) is 0 Å². The summed E-state index contributed by atoms with van der Waals surface area (Å²) in [5.74, 6) is 0. The van der Waals surface area contributed by atoms with E-state index in [1.54, 1.807) is 7.05 Å². The number of carbonyl (C=O) groups is 1. The van der Waals surface area contributed by atoms with Gasteiger partial charge in [0.25, 0.3) is 0 Å². The normalized spacial score (nSPS) is 11.6. The Morgan fingerprint density at radius 3 is 2.36 bits per heavy atom. The van der Waals surface area contributed by atoms with Crippen LogP contribution < -0.4 is 4.90 Å². The molecule has 0 spiro atoms. The number of carbonyl (C=O) groups excluding carboxylic acids is 1. The minimum atomic E-state index is -0.504. The van der Waals surface area contributed by atoms with Crippen molar-refractivity contribution >= 4 is 23.9 Å². The van der Waals surface area contributed by atoms with Gasteiger partial charge in [0.05, 0.1) is 0 Å². The Morgan fingerprint density at radius 1 is 1.12 bits per heavy atom. The smallest absolute Gasteiger partial charge is 0.414 e. The molecule has 25 heavy (non-hydrogen) atoms. The minimum absolute atomic E-state index is 0.361. The first-order valence-corrected chi connectivity index (χ1v) is 8.48. The number of amides is 1. The van der Waals surface area contributed by atoms with Crippen LogP contribution in [0.3, 0.4) is 0 Å². The first-order valence-electron chi connectivity index (χ1n) is 8.48. The molecule has 0 atom stereocenters. The molecule has 0 saturated heterocycles. The number of aromatic nitrogens is 1. The zero-order valence-electron chi connectivity index (χ0n) is 15.6. The number of hydrogen-bond acceptors (Lipinski definition) is 3. The number of hydrogen-bond donors (Lipinski definition) is 0. The highest BCUT2D eigenvalue weighted by Gasteiger charge is 2.20. The second kappa shape index (κ2) is 7.97. The molecule has 132 valence electrons. The van der Waals surface area contributed by atoms with Crippen LogP contribution in [0.4, 0.5) is 10.5 Å². The number of anilines is 1. The molecule has 0 bridgehead atoms. The van der Waals surface area contributed by atoms with Gasteiger partial charge in [0.15, 0.2) is 0 Å². The Bertz CT molecular complexity index is 743. The van der Waals surface area contributed by atoms with Crippen LogP contribution >= 0.6 is 0 Å². The van der Waals surface area contributed by atoms with E-state index in [1.807, 2.05) is 63.4 Å². The Morgan fingerprint density at radius 2 is 1.76 bits per heavy atom. The van der Waals surface area contributed by atoms with E-state index >= 15 is 0 Å². The minimum Gasteiger partial charge on any atom is -0.443 e. The fourth-order valence-corrected chi connectivity index (χ4v) is 2.23. The molecule has 0 saturated carbocycles. The summed E-state index contributed by atoms with van der Waals surface area (Å²) < 4.78 is 5.38. The molecule has 1 amide bonds. The van der Waals surface area contributed by atoms with Crippen molar-refractivity contribution < 1.29 is 9.53 Å². The number of rotatable bonds is 4. The average Bonchev–Trinajstić information content (AvgIpc) is 2.58. The van der Waals surface area contributed by atoms with Crippen molar-refractivity contribution in [3.8, 4) is 0 Å². The Kier molecular flexibility index (Phi) is 5.97. The number of aryl methyl sites for hydroxylation is 1. The topological polar surface area (TPSA) is 42.4 Å². The SMILES string of the molecule is CCc1cc(C=Cc2ccc(N(C)C(=O)OC(C)(C)C)cc2)ccn1. The van der Waals surface area contributed by atoms with Crippen LogP contribution in [-0.4, -0.2) is 23.7 Å². The summed E-state index contributed by atoms with van der Waals surface area (Å²) in [6.45, 7) is 7.66. The zero-order valence-corrected chi connectivity index (χ0v) is 15.6. The first-order chi connectivity index (χ1) is 11.8. The molecule has 2 rings (SSSR count). The Hall–Kier alpha value is -2.62. The van der Waals surface area contributed by atoms with Crippen LogP contribution in [0.1, 0.15) is 44.5 Å². The van der Waals surface area contributed by atoms with E-state index < -0.39 is 5.60 Å². The number of nitrogens with zero attached hydrogens (tertiary/aromatic N) is 2. The molecule has 1 aromatic heterocycles. The quantitative estimate of drug-likeness (QED) is 0.771. The predicted molar refractivity (Wildman–Crippen MR) is 104 cm³/mol. The van der Waals surface area contributed by atoms with Crippen molar-refractivity contribution in [2.45, 2.75) is 39.7 Å². The number of pyridine rings is 1. The van der Waals surface area contributed by atoms with Crippen LogP contribution in [-0.2, 0) is 11.2 Å². The van der Waals surface area contributed by atoms with Gasteiger partial charge in [-0.3, -0.25) is 9.88 Å². The largest absolute Gasteiger partial charge is 0.443 e. The van der Waals surface area contributed by atoms with Crippen LogP contribution in [0.25, 0.3) is 12.2 Å². The lowest BCUT2D eigenvalue weighted by Crippen LogP contribution is -2.34. The van der Waals surface area contributed by atoms with Crippen LogP contribution in [0.15, 0.2) is 42.6 Å². The van der Waals surface area contributed by atoms with Gasteiger partial charge in [-0.15, -0.1) is 0 Å². The Balaban J connectivity index is 2.06. The molecule has 0 radical (unpaired) electrons. The fourth-order valence-electron chi connectivity index (χ4n) is 2.23. The lowest BCUT2D eigenvalue weighted by Gasteiger charge is -2.24. The zero-order chi connectivity index (χ0) is 18.4. The van der Waals surface area contributed by atoms with Crippen molar-refractivity contribution in [2.75, 3.05) is 11.9 Å². The summed E-state index contributed by atoms with van der Waals surface area (Å²) in [4.78, 5) is 17.9. The molecular formula is C21H26N2O2. The van der Waals surface area contributed by atoms with Crippen molar-refractivity contribution in [2.24, 2.45) is 0 Å². The lowest BCUT2D eigenvalue weighted by atomic mass is 10.1. The van der Waals surface area contributed by atoms with Gasteiger partial charge in [-0.1, -0.05) is 31.2 Å². The van der Waals surface area contributed by atoms with E-state index in [4.69, 9.17) is 4.74 Å². The highest BCUT2D eigenvalue weighted by atomic mass is 16.6. The van der Waals surface area contributed by atoms with Crippen molar-refractivity contribution in [1.82, 2.24) is 4.98 Å². The molecule has 1 aromatic carbocycles. The maximum absolute atomic E-state index is 12.1. The molecule has 4 heteroatoms. The molecule has 0 aliphatic rings. The second-order valence-corrected chi connectivity index (χ2v) is 6.90. The molecule has 2 aromatic rings. The van der Waals surface area contributed by atoms with Gasteiger partial charge in [-0.25, -0.2) is 4.79 Å². The summed E-state index contributed by atoms with van der Waals surface area (Å²) in [5, 5.41) is 0. The standard InChI is InChI=1S/C21H26N2O2/c1-6-18-15-17(13-14-22-18)8-7-16-9-11-19(12-10-16)23(5)20(24)25-21(2,3)4/h7-15H,6H2,1-5H3. The van der Waals surface area contributed by atoms with Crippen molar-refractivity contribution in [3.05, 3.63) is 59.4 Å². The predicted octanol–water partition coefficient (Wildman–Crippen LogP) is 5.19. The van der Waals surface area contributed by atoms with Gasteiger partial charge in [0.2, 0.25) is 0 Å². The lowest BCUT2D eigenvalue weighted by molar-refractivity contribution is 0.0589. The summed E-state index contributed by atoms with van der Waals surface area (Å²) in [5.41, 5.74) is 3.56. The summed E-state index contributed by atoms with van der Waals surface area (Å²) >= 11 is 0. The second-order valence-electron chi connectivity index (χ2n) is 6.90. The van der Waals surface area contributed by atoms with Crippen molar-refractivity contribution in [3.63, 3.8) is 0 Å². The van der Waals surface area contributed by atoms with E-state index in [-0.39, 0.29) is 6.09 Å². The highest BCUT2D eigenvalue weighted by molar-refractivity contribution is 5.87. The van der Waals surface area contributed by atoms with E-state index in [2.05, 4.69) is 24.1 Å². The van der Waals surface area contributed by atoms with Gasteiger partial charge in [0, 0.05) is 24.6 Å². The summed E-state index contributed by atoms with van der Waals surface area (Å²) in [6, 6.07) is 11.9. The number of ether oxygens (including phenoxy) is 1. The molecule has 0 aliphatic heterocycles. The third kappa shape index (κ3) is 5.75. The van der Waals surface area contributed by atoms with Gasteiger partial charge in [0.1, 0.15) is 5.60 Å².